The molecule has 4 nitrogen and oxygen atoms in total. The SMILES string of the molecule is CN(Cc1cnn(C)c1)C(=O)/C=C/c1ccc(F)cc1. The van der Waals surface area contributed by atoms with Gasteiger partial charge in [-0.15, -0.1) is 0 Å². The van der Waals surface area contributed by atoms with Gasteiger partial charge in [0.2, 0.25) is 5.91 Å². The molecule has 0 unspecified atom stereocenters. The van der Waals surface area contributed by atoms with Crippen LogP contribution in [0.2, 0.25) is 0 Å². The number of aryl methyl sites for hydroxylation is 1. The van der Waals surface area contributed by atoms with Crippen molar-refractivity contribution in [2.45, 2.75) is 6.54 Å². The molecule has 0 atom stereocenters. The van der Waals surface area contributed by atoms with Gasteiger partial charge in [0.05, 0.1) is 6.20 Å². The zero-order valence-corrected chi connectivity index (χ0v) is 11.5. The number of hydrogen-bond acceptors (Lipinski definition) is 2. The van der Waals surface area contributed by atoms with Crippen molar-refractivity contribution in [3.8, 4) is 0 Å². The Morgan fingerprint density at radius 1 is 1.40 bits per heavy atom. The third-order valence-corrected chi connectivity index (χ3v) is 2.84. The van der Waals surface area contributed by atoms with Gasteiger partial charge in [-0.05, 0) is 23.8 Å². The standard InChI is InChI=1S/C15H16FN3O/c1-18(10-13-9-17-19(2)11-13)15(20)8-5-12-3-6-14(16)7-4-12/h3-9,11H,10H2,1-2H3/b8-5+. The molecular weight excluding hydrogens is 257 g/mol. The topological polar surface area (TPSA) is 38.1 Å². The van der Waals surface area contributed by atoms with Crippen LogP contribution in [0.25, 0.3) is 6.08 Å². The molecule has 1 amide bonds. The van der Waals surface area contributed by atoms with Crippen molar-refractivity contribution in [2.24, 2.45) is 7.05 Å². The number of halogens is 1. The van der Waals surface area contributed by atoms with Crippen molar-refractivity contribution in [1.29, 1.82) is 0 Å². The summed E-state index contributed by atoms with van der Waals surface area (Å²) in [7, 11) is 3.56. The molecule has 0 fully saturated rings. The van der Waals surface area contributed by atoms with Crippen LogP contribution in [-0.2, 0) is 18.4 Å². The highest BCUT2D eigenvalue weighted by atomic mass is 19.1. The Kier molecular flexibility index (Phi) is 4.30. The van der Waals surface area contributed by atoms with Crippen molar-refractivity contribution in [1.82, 2.24) is 14.7 Å². The van der Waals surface area contributed by atoms with Gasteiger partial charge in [0.1, 0.15) is 5.82 Å². The summed E-state index contributed by atoms with van der Waals surface area (Å²) < 4.78 is 14.4. The second kappa shape index (κ2) is 6.14. The third-order valence-electron chi connectivity index (χ3n) is 2.84. The fraction of sp³-hybridized carbons (Fsp3) is 0.200. The van der Waals surface area contributed by atoms with Gasteiger partial charge in [-0.1, -0.05) is 12.1 Å². The van der Waals surface area contributed by atoms with Crippen LogP contribution < -0.4 is 0 Å². The molecule has 0 aliphatic heterocycles. The fourth-order valence-corrected chi connectivity index (χ4v) is 1.77. The molecule has 0 aliphatic rings. The Hall–Kier alpha value is -2.43. The van der Waals surface area contributed by atoms with E-state index in [9.17, 15) is 9.18 Å². The van der Waals surface area contributed by atoms with Crippen LogP contribution in [0.5, 0.6) is 0 Å². The Labute approximate surface area is 117 Å². The summed E-state index contributed by atoms with van der Waals surface area (Å²) in [5.74, 6) is -0.402. The van der Waals surface area contributed by atoms with E-state index in [4.69, 9.17) is 0 Å². The molecule has 0 radical (unpaired) electrons. The first-order valence-electron chi connectivity index (χ1n) is 6.21. The number of carbonyl (C=O) groups excluding carboxylic acids is 1. The molecule has 1 aromatic carbocycles. The van der Waals surface area contributed by atoms with E-state index in [1.54, 1.807) is 41.0 Å². The molecule has 0 aliphatic carbocycles. The number of carbonyl (C=O) groups is 1. The van der Waals surface area contributed by atoms with Crippen LogP contribution in [-0.4, -0.2) is 27.6 Å². The highest BCUT2D eigenvalue weighted by molar-refractivity contribution is 5.91. The Balaban J connectivity index is 1.95. The number of likely N-dealkylation sites (N-methyl/N-ethyl adjacent to an activating group) is 1. The lowest BCUT2D eigenvalue weighted by Crippen LogP contribution is -2.23. The summed E-state index contributed by atoms with van der Waals surface area (Å²) >= 11 is 0. The molecule has 2 rings (SSSR count). The first-order chi connectivity index (χ1) is 9.54. The van der Waals surface area contributed by atoms with E-state index in [0.29, 0.717) is 6.54 Å². The molecular formula is C15H16FN3O. The van der Waals surface area contributed by atoms with Gasteiger partial charge in [0, 0.05) is 38.5 Å². The van der Waals surface area contributed by atoms with Crippen molar-refractivity contribution >= 4 is 12.0 Å². The van der Waals surface area contributed by atoms with Crippen molar-refractivity contribution in [3.63, 3.8) is 0 Å². The Morgan fingerprint density at radius 3 is 2.70 bits per heavy atom. The Bertz CT molecular complexity index is 616. The van der Waals surface area contributed by atoms with Crippen LogP contribution in [0.4, 0.5) is 4.39 Å². The Morgan fingerprint density at radius 2 is 2.10 bits per heavy atom. The van der Waals surface area contributed by atoms with Crippen LogP contribution in [0.3, 0.4) is 0 Å². The summed E-state index contributed by atoms with van der Waals surface area (Å²) in [6, 6.07) is 5.98. The molecule has 0 spiro atoms. The molecule has 0 N–H and O–H groups in total. The molecule has 0 bridgehead atoms. The maximum Gasteiger partial charge on any atom is 0.246 e. The zero-order valence-electron chi connectivity index (χ0n) is 11.5. The molecule has 5 heteroatoms. The highest BCUT2D eigenvalue weighted by Crippen LogP contribution is 2.06. The monoisotopic (exact) mass is 273 g/mol. The average Bonchev–Trinajstić information content (AvgIpc) is 2.83. The first-order valence-corrected chi connectivity index (χ1v) is 6.21. The molecule has 2 aromatic rings. The summed E-state index contributed by atoms with van der Waals surface area (Å²) in [5.41, 5.74) is 1.76. The van der Waals surface area contributed by atoms with Crippen molar-refractivity contribution < 1.29 is 9.18 Å². The van der Waals surface area contributed by atoms with E-state index in [0.717, 1.165) is 11.1 Å². The predicted octanol–water partition coefficient (Wildman–Crippen LogP) is 2.23. The van der Waals surface area contributed by atoms with E-state index >= 15 is 0 Å². The molecule has 104 valence electrons. The van der Waals surface area contributed by atoms with Crippen molar-refractivity contribution in [3.05, 3.63) is 59.7 Å². The summed E-state index contributed by atoms with van der Waals surface area (Å²) in [5, 5.41) is 4.06. The lowest BCUT2D eigenvalue weighted by Gasteiger charge is -2.13. The molecule has 1 aromatic heterocycles. The van der Waals surface area contributed by atoms with Gasteiger partial charge in [0.15, 0.2) is 0 Å². The van der Waals surface area contributed by atoms with E-state index in [1.807, 2.05) is 13.2 Å². The van der Waals surface area contributed by atoms with E-state index in [2.05, 4.69) is 5.10 Å². The highest BCUT2D eigenvalue weighted by Gasteiger charge is 2.06. The largest absolute Gasteiger partial charge is 0.338 e. The molecule has 20 heavy (non-hydrogen) atoms. The van der Waals surface area contributed by atoms with Gasteiger partial charge in [0.25, 0.3) is 0 Å². The lowest BCUT2D eigenvalue weighted by atomic mass is 10.2. The lowest BCUT2D eigenvalue weighted by molar-refractivity contribution is -0.125. The quantitative estimate of drug-likeness (QED) is 0.801. The van der Waals surface area contributed by atoms with E-state index in [1.165, 1.54) is 18.2 Å². The second-order valence-corrected chi connectivity index (χ2v) is 4.60. The predicted molar refractivity (Wildman–Crippen MR) is 75.1 cm³/mol. The average molecular weight is 273 g/mol. The minimum Gasteiger partial charge on any atom is -0.338 e. The van der Waals surface area contributed by atoms with Crippen LogP contribution in [0, 0.1) is 5.82 Å². The van der Waals surface area contributed by atoms with Gasteiger partial charge in [-0.2, -0.15) is 5.10 Å². The number of hydrogen-bond donors (Lipinski definition) is 0. The van der Waals surface area contributed by atoms with Crippen LogP contribution in [0.15, 0.2) is 42.7 Å². The number of rotatable bonds is 4. The normalized spacial score (nSPS) is 10.9. The maximum absolute atomic E-state index is 12.8. The first kappa shape index (κ1) is 14.0. The van der Waals surface area contributed by atoms with Crippen LogP contribution >= 0.6 is 0 Å². The fourth-order valence-electron chi connectivity index (χ4n) is 1.77. The summed E-state index contributed by atoms with van der Waals surface area (Å²) in [6.07, 6.45) is 6.74. The van der Waals surface area contributed by atoms with E-state index in [-0.39, 0.29) is 11.7 Å². The number of amides is 1. The number of nitrogens with zero attached hydrogens (tertiary/aromatic N) is 3. The van der Waals surface area contributed by atoms with Gasteiger partial charge in [-0.25, -0.2) is 4.39 Å². The van der Waals surface area contributed by atoms with Gasteiger partial charge < -0.3 is 4.90 Å². The third kappa shape index (κ3) is 3.78. The molecule has 0 saturated heterocycles. The van der Waals surface area contributed by atoms with Gasteiger partial charge >= 0.3 is 0 Å². The van der Waals surface area contributed by atoms with Gasteiger partial charge in [-0.3, -0.25) is 9.48 Å². The summed E-state index contributed by atoms with van der Waals surface area (Å²) in [6.45, 7) is 0.500. The molecule has 0 saturated carbocycles. The number of aromatic nitrogens is 2. The van der Waals surface area contributed by atoms with E-state index < -0.39 is 0 Å². The number of benzene rings is 1. The molecule has 1 heterocycles. The van der Waals surface area contributed by atoms with Crippen LogP contribution in [0.1, 0.15) is 11.1 Å². The van der Waals surface area contributed by atoms with Crippen molar-refractivity contribution in [2.75, 3.05) is 7.05 Å². The minimum atomic E-state index is -0.290. The summed E-state index contributed by atoms with van der Waals surface area (Å²) in [4.78, 5) is 13.5. The minimum absolute atomic E-state index is 0.113. The maximum atomic E-state index is 12.8. The smallest absolute Gasteiger partial charge is 0.246 e. The second-order valence-electron chi connectivity index (χ2n) is 4.60. The zero-order chi connectivity index (χ0) is 14.5.